The van der Waals surface area contributed by atoms with E-state index in [1.807, 2.05) is 18.2 Å². The Morgan fingerprint density at radius 2 is 2.04 bits per heavy atom. The molecule has 0 spiro atoms. The Balaban J connectivity index is 1.72. The minimum atomic E-state index is -0.0124. The van der Waals surface area contributed by atoms with Gasteiger partial charge < -0.3 is 4.74 Å². The second kappa shape index (κ2) is 6.41. The molecule has 2 aliphatic heterocycles. The van der Waals surface area contributed by atoms with Crippen LogP contribution in [0.2, 0.25) is 5.02 Å². The summed E-state index contributed by atoms with van der Waals surface area (Å²) in [6.45, 7) is 2.17. The molecular formula is C19H18BrClN2O. The summed E-state index contributed by atoms with van der Waals surface area (Å²) >= 11 is 9.71. The van der Waals surface area contributed by atoms with Crippen LogP contribution in [0, 0.1) is 0 Å². The molecule has 24 heavy (non-hydrogen) atoms. The maximum absolute atomic E-state index is 6.22. The standard InChI is InChI=1S/C19H18BrClN2O/c1-2-3-19-23-17(15-10-14(21)8-9-18(15)24-19)11-16(22-23)12-4-6-13(20)7-5-12/h4-10,17,19H,2-3,11H2,1H3/t17-,19+/m0/s1. The molecule has 3 nitrogen and oxygen atoms in total. The van der Waals surface area contributed by atoms with Crippen molar-refractivity contribution in [1.29, 1.82) is 0 Å². The van der Waals surface area contributed by atoms with Crippen LogP contribution in [-0.4, -0.2) is 16.9 Å². The van der Waals surface area contributed by atoms with Gasteiger partial charge in [0.05, 0.1) is 11.8 Å². The van der Waals surface area contributed by atoms with E-state index in [1.54, 1.807) is 0 Å². The van der Waals surface area contributed by atoms with E-state index in [4.69, 9.17) is 21.4 Å². The highest BCUT2D eigenvalue weighted by Gasteiger charge is 2.39. The second-order valence-corrected chi connectivity index (χ2v) is 7.55. The number of hydrogen-bond acceptors (Lipinski definition) is 3. The fourth-order valence-electron chi connectivity index (χ4n) is 3.39. The number of fused-ring (bicyclic) bond motifs is 3. The van der Waals surface area contributed by atoms with Gasteiger partial charge in [-0.2, -0.15) is 5.10 Å². The van der Waals surface area contributed by atoms with Gasteiger partial charge in [0.2, 0.25) is 0 Å². The van der Waals surface area contributed by atoms with Crippen molar-refractivity contribution in [2.75, 3.05) is 0 Å². The monoisotopic (exact) mass is 404 g/mol. The molecule has 2 aromatic carbocycles. The minimum absolute atomic E-state index is 0.0124. The van der Waals surface area contributed by atoms with Crippen LogP contribution in [-0.2, 0) is 0 Å². The Hall–Kier alpha value is -1.52. The molecule has 0 saturated heterocycles. The Kier molecular flexibility index (Phi) is 4.27. The lowest BCUT2D eigenvalue weighted by Crippen LogP contribution is -2.40. The topological polar surface area (TPSA) is 24.8 Å². The van der Waals surface area contributed by atoms with Crippen molar-refractivity contribution in [2.24, 2.45) is 5.10 Å². The smallest absolute Gasteiger partial charge is 0.187 e. The third-order valence-electron chi connectivity index (χ3n) is 4.54. The summed E-state index contributed by atoms with van der Waals surface area (Å²) in [5.74, 6) is 0.936. The van der Waals surface area contributed by atoms with Gasteiger partial charge in [-0.25, -0.2) is 0 Å². The van der Waals surface area contributed by atoms with Crippen molar-refractivity contribution in [3.05, 3.63) is 63.1 Å². The van der Waals surface area contributed by atoms with Crippen LogP contribution in [0.5, 0.6) is 5.75 Å². The molecule has 0 aliphatic carbocycles. The van der Waals surface area contributed by atoms with E-state index in [-0.39, 0.29) is 12.3 Å². The molecule has 5 heteroatoms. The van der Waals surface area contributed by atoms with Crippen LogP contribution < -0.4 is 4.74 Å². The van der Waals surface area contributed by atoms with Crippen LogP contribution in [0.1, 0.15) is 43.4 Å². The fraction of sp³-hybridized carbons (Fsp3) is 0.316. The first-order chi connectivity index (χ1) is 11.7. The van der Waals surface area contributed by atoms with Gasteiger partial charge in [-0.3, -0.25) is 5.01 Å². The Labute approximate surface area is 155 Å². The first-order valence-electron chi connectivity index (χ1n) is 8.23. The summed E-state index contributed by atoms with van der Waals surface area (Å²) in [5, 5.41) is 7.77. The molecule has 0 bridgehead atoms. The fourth-order valence-corrected chi connectivity index (χ4v) is 3.83. The molecule has 124 valence electrons. The van der Waals surface area contributed by atoms with Gasteiger partial charge in [-0.05, 0) is 35.9 Å². The molecule has 0 saturated carbocycles. The van der Waals surface area contributed by atoms with Crippen LogP contribution in [0.25, 0.3) is 0 Å². The highest BCUT2D eigenvalue weighted by atomic mass is 79.9. The van der Waals surface area contributed by atoms with Crippen molar-refractivity contribution < 1.29 is 4.74 Å². The molecule has 0 radical (unpaired) electrons. The Bertz CT molecular complexity index is 790. The van der Waals surface area contributed by atoms with E-state index in [9.17, 15) is 0 Å². The zero-order valence-electron chi connectivity index (χ0n) is 13.4. The molecule has 4 rings (SSSR count). The summed E-state index contributed by atoms with van der Waals surface area (Å²) in [5.41, 5.74) is 3.39. The summed E-state index contributed by atoms with van der Waals surface area (Å²) in [7, 11) is 0. The number of hydrogen-bond donors (Lipinski definition) is 0. The van der Waals surface area contributed by atoms with Gasteiger partial charge in [-0.15, -0.1) is 0 Å². The number of halogens is 2. The van der Waals surface area contributed by atoms with E-state index in [0.717, 1.165) is 51.3 Å². The average Bonchev–Trinajstić information content (AvgIpc) is 3.02. The number of rotatable bonds is 3. The van der Waals surface area contributed by atoms with Crippen LogP contribution in [0.4, 0.5) is 0 Å². The van der Waals surface area contributed by atoms with Crippen molar-refractivity contribution in [3.8, 4) is 5.75 Å². The lowest BCUT2D eigenvalue weighted by molar-refractivity contribution is -0.0223. The molecular weight excluding hydrogens is 388 g/mol. The zero-order valence-corrected chi connectivity index (χ0v) is 15.7. The summed E-state index contributed by atoms with van der Waals surface area (Å²) < 4.78 is 7.27. The molecule has 0 amide bonds. The van der Waals surface area contributed by atoms with Crippen molar-refractivity contribution in [1.82, 2.24) is 5.01 Å². The second-order valence-electron chi connectivity index (χ2n) is 6.20. The molecule has 2 heterocycles. The predicted molar refractivity (Wildman–Crippen MR) is 101 cm³/mol. The summed E-state index contributed by atoms with van der Waals surface area (Å²) in [6.07, 6.45) is 2.87. The Morgan fingerprint density at radius 3 is 2.79 bits per heavy atom. The average molecular weight is 406 g/mol. The van der Waals surface area contributed by atoms with E-state index < -0.39 is 0 Å². The molecule has 0 aromatic heterocycles. The number of ether oxygens (including phenoxy) is 1. The van der Waals surface area contributed by atoms with Crippen molar-refractivity contribution in [3.63, 3.8) is 0 Å². The van der Waals surface area contributed by atoms with Gasteiger partial charge in [0.1, 0.15) is 5.75 Å². The van der Waals surface area contributed by atoms with Crippen LogP contribution >= 0.6 is 27.5 Å². The molecule has 2 aromatic rings. The minimum Gasteiger partial charge on any atom is -0.469 e. The highest BCUT2D eigenvalue weighted by molar-refractivity contribution is 9.10. The molecule has 2 atom stereocenters. The largest absolute Gasteiger partial charge is 0.469 e. The van der Waals surface area contributed by atoms with Crippen LogP contribution in [0.15, 0.2) is 52.0 Å². The maximum atomic E-state index is 6.22. The summed E-state index contributed by atoms with van der Waals surface area (Å²) in [6, 6.07) is 14.4. The molecule has 0 fully saturated rings. The maximum Gasteiger partial charge on any atom is 0.187 e. The van der Waals surface area contributed by atoms with Gasteiger partial charge >= 0.3 is 0 Å². The van der Waals surface area contributed by atoms with E-state index in [0.29, 0.717) is 0 Å². The van der Waals surface area contributed by atoms with Gasteiger partial charge in [0.15, 0.2) is 6.23 Å². The molecule has 0 N–H and O–H groups in total. The van der Waals surface area contributed by atoms with E-state index in [1.165, 1.54) is 0 Å². The first kappa shape index (κ1) is 16.0. The Morgan fingerprint density at radius 1 is 1.25 bits per heavy atom. The van der Waals surface area contributed by atoms with E-state index in [2.05, 4.69) is 52.1 Å². The molecule has 2 aliphatic rings. The lowest BCUT2D eigenvalue weighted by atomic mass is 9.96. The summed E-state index contributed by atoms with van der Waals surface area (Å²) in [4.78, 5) is 0. The van der Waals surface area contributed by atoms with Crippen LogP contribution in [0.3, 0.4) is 0 Å². The van der Waals surface area contributed by atoms with Gasteiger partial charge in [0, 0.05) is 27.9 Å². The normalized spacial score (nSPS) is 21.8. The predicted octanol–water partition coefficient (Wildman–Crippen LogP) is 5.77. The van der Waals surface area contributed by atoms with Crippen molar-refractivity contribution in [2.45, 2.75) is 38.5 Å². The quantitative estimate of drug-likeness (QED) is 0.647. The third kappa shape index (κ3) is 2.82. The third-order valence-corrected chi connectivity index (χ3v) is 5.31. The lowest BCUT2D eigenvalue weighted by Gasteiger charge is -2.38. The SMILES string of the molecule is CCC[C@H]1Oc2ccc(Cl)cc2[C@@H]2CC(c3ccc(Br)cc3)=NN12. The number of nitrogens with zero attached hydrogens (tertiary/aromatic N) is 2. The van der Waals surface area contributed by atoms with E-state index >= 15 is 0 Å². The van der Waals surface area contributed by atoms with Gasteiger partial charge in [0.25, 0.3) is 0 Å². The van der Waals surface area contributed by atoms with Crippen molar-refractivity contribution >= 4 is 33.2 Å². The molecule has 0 unspecified atom stereocenters. The number of hydrazone groups is 1. The zero-order chi connectivity index (χ0) is 16.7. The first-order valence-corrected chi connectivity index (χ1v) is 9.40. The number of benzene rings is 2. The highest BCUT2D eigenvalue weighted by Crippen LogP contribution is 2.44. The van der Waals surface area contributed by atoms with Gasteiger partial charge in [-0.1, -0.05) is 53.0 Å².